The van der Waals surface area contributed by atoms with E-state index in [4.69, 9.17) is 13.8 Å². The highest BCUT2D eigenvalue weighted by Crippen LogP contribution is 2.43. The first kappa shape index (κ1) is 63.2. The van der Waals surface area contributed by atoms with Gasteiger partial charge in [0.2, 0.25) is 5.91 Å². The molecule has 0 aromatic heterocycles. The second-order valence-electron chi connectivity index (χ2n) is 18.7. The molecule has 0 saturated carbocycles. The normalized spacial score (nSPS) is 14.6. The Labute approximate surface area is 406 Å². The van der Waals surface area contributed by atoms with Crippen LogP contribution in [-0.2, 0) is 27.9 Å². The summed E-state index contributed by atoms with van der Waals surface area (Å²) in [7, 11) is 1.44. The van der Waals surface area contributed by atoms with Crippen molar-refractivity contribution in [2.45, 2.75) is 219 Å². The zero-order valence-corrected chi connectivity index (χ0v) is 44.1. The third-order valence-corrected chi connectivity index (χ3v) is 12.1. The standard InChI is InChI=1S/C56H99N2O7P/c1-7-10-13-16-19-22-25-27-28-29-30-31-34-36-39-42-45-48-55(59)57-53(52-64-66(61,62)63-51-50-58(4,5)6)54(47-44-41-38-35-33-26-23-20-17-14-11-8-2)65-56(60)49-46-43-40-37-32-24-21-18-15-12-9-3/h10,13,18-19,21-22,27-28,30-31,36,39,44,47,53-54H,7-9,11-12,14-17,20,23-26,29,32-35,37-38,40-43,45-46,48-52H2,1-6H3,(H-,57,59,61,62)/p+1/b13-10-,21-18-,22-19-,28-27-,31-30-,39-36-,47-44-. The largest absolute Gasteiger partial charge is 0.472 e. The molecule has 3 atom stereocenters. The van der Waals surface area contributed by atoms with Gasteiger partial charge < -0.3 is 19.4 Å². The molecule has 0 bridgehead atoms. The van der Waals surface area contributed by atoms with Crippen molar-refractivity contribution < 1.29 is 37.3 Å². The van der Waals surface area contributed by atoms with Crippen LogP contribution in [0.3, 0.4) is 0 Å². The van der Waals surface area contributed by atoms with E-state index in [1.54, 1.807) is 0 Å². The summed E-state index contributed by atoms with van der Waals surface area (Å²) in [4.78, 5) is 37.4. The summed E-state index contributed by atoms with van der Waals surface area (Å²) in [6.07, 6.45) is 58.7. The number of hydrogen-bond donors (Lipinski definition) is 2. The summed E-state index contributed by atoms with van der Waals surface area (Å²) >= 11 is 0. The van der Waals surface area contributed by atoms with Gasteiger partial charge in [-0.05, 0) is 89.5 Å². The SMILES string of the molecule is CC/C=C\C/C=C\C/C=C\C/C=C\C/C=C\CCCC(=O)NC(COP(=O)(O)OCC[N+](C)(C)C)C(/C=C\CCCCCCCCCCCC)OC(=O)CCCCCCC/C=C\CCCC. The Morgan fingerprint density at radius 1 is 0.545 bits per heavy atom. The van der Waals surface area contributed by atoms with Gasteiger partial charge in [0, 0.05) is 12.8 Å². The molecule has 66 heavy (non-hydrogen) atoms. The number of rotatable bonds is 46. The minimum Gasteiger partial charge on any atom is -0.456 e. The number of ether oxygens (including phenoxy) is 1. The number of nitrogens with one attached hydrogen (secondary N) is 1. The first-order valence-electron chi connectivity index (χ1n) is 26.4. The van der Waals surface area contributed by atoms with Crippen LogP contribution in [0.15, 0.2) is 85.1 Å². The predicted molar refractivity (Wildman–Crippen MR) is 281 cm³/mol. The molecule has 0 aromatic rings. The molecule has 3 unspecified atom stereocenters. The van der Waals surface area contributed by atoms with Gasteiger partial charge >= 0.3 is 13.8 Å². The number of phosphoric acid groups is 1. The molecule has 0 heterocycles. The fraction of sp³-hybridized carbons (Fsp3) is 0.714. The lowest BCUT2D eigenvalue weighted by molar-refractivity contribution is -0.870. The molecule has 0 saturated heterocycles. The molecule has 380 valence electrons. The van der Waals surface area contributed by atoms with E-state index in [2.05, 4.69) is 99.0 Å². The van der Waals surface area contributed by atoms with E-state index >= 15 is 0 Å². The van der Waals surface area contributed by atoms with E-state index in [0.29, 0.717) is 17.4 Å². The lowest BCUT2D eigenvalue weighted by atomic mass is 10.1. The van der Waals surface area contributed by atoms with Gasteiger partial charge in [0.15, 0.2) is 0 Å². The maximum absolute atomic E-state index is 13.4. The van der Waals surface area contributed by atoms with Crippen LogP contribution < -0.4 is 5.32 Å². The Bertz CT molecular complexity index is 1410. The maximum Gasteiger partial charge on any atom is 0.472 e. The highest BCUT2D eigenvalue weighted by atomic mass is 31.2. The van der Waals surface area contributed by atoms with Gasteiger partial charge in [-0.3, -0.25) is 18.6 Å². The molecule has 0 aromatic carbocycles. The predicted octanol–water partition coefficient (Wildman–Crippen LogP) is 15.5. The summed E-state index contributed by atoms with van der Waals surface area (Å²) in [5, 5.41) is 3.00. The lowest BCUT2D eigenvalue weighted by Gasteiger charge is -2.27. The number of likely N-dealkylation sites (N-methyl/N-ethyl adjacent to an activating group) is 1. The molecule has 0 spiro atoms. The van der Waals surface area contributed by atoms with Crippen LogP contribution in [0.1, 0.15) is 207 Å². The van der Waals surface area contributed by atoms with Crippen molar-refractivity contribution in [2.75, 3.05) is 40.9 Å². The Morgan fingerprint density at radius 3 is 1.55 bits per heavy atom. The lowest BCUT2D eigenvalue weighted by Crippen LogP contribution is -2.47. The zero-order valence-electron chi connectivity index (χ0n) is 43.2. The average molecular weight is 944 g/mol. The minimum absolute atomic E-state index is 0.0247. The van der Waals surface area contributed by atoms with Gasteiger partial charge in [-0.2, -0.15) is 0 Å². The third kappa shape index (κ3) is 46.3. The fourth-order valence-electron chi connectivity index (χ4n) is 6.95. The second kappa shape index (κ2) is 45.9. The number of amides is 1. The molecule has 0 aliphatic rings. The van der Waals surface area contributed by atoms with Gasteiger partial charge in [0.1, 0.15) is 19.3 Å². The van der Waals surface area contributed by atoms with Crippen molar-refractivity contribution in [2.24, 2.45) is 0 Å². The van der Waals surface area contributed by atoms with E-state index < -0.39 is 20.0 Å². The van der Waals surface area contributed by atoms with E-state index in [1.165, 1.54) is 64.2 Å². The van der Waals surface area contributed by atoms with Crippen molar-refractivity contribution in [1.82, 2.24) is 5.32 Å². The number of carbonyl (C=O) groups is 2. The van der Waals surface area contributed by atoms with Gasteiger partial charge in [-0.15, -0.1) is 0 Å². The van der Waals surface area contributed by atoms with Crippen molar-refractivity contribution in [3.8, 4) is 0 Å². The van der Waals surface area contributed by atoms with Crippen molar-refractivity contribution in [3.05, 3.63) is 85.1 Å². The summed E-state index contributed by atoms with van der Waals surface area (Å²) in [5.41, 5.74) is 0. The molecule has 9 nitrogen and oxygen atoms in total. The van der Waals surface area contributed by atoms with Gasteiger partial charge in [0.05, 0.1) is 33.8 Å². The molecule has 0 fully saturated rings. The number of hydrogen-bond acceptors (Lipinski definition) is 6. The summed E-state index contributed by atoms with van der Waals surface area (Å²) in [6.45, 7) is 6.78. The minimum atomic E-state index is -4.46. The van der Waals surface area contributed by atoms with Crippen LogP contribution in [0.2, 0.25) is 0 Å². The highest BCUT2D eigenvalue weighted by molar-refractivity contribution is 7.47. The number of nitrogens with zero attached hydrogens (tertiary/aromatic N) is 1. The summed E-state index contributed by atoms with van der Waals surface area (Å²) in [6, 6.07) is -0.882. The Hall–Kier alpha value is -2.81. The molecule has 10 heteroatoms. The number of unbranched alkanes of at least 4 members (excludes halogenated alkanes) is 18. The van der Waals surface area contributed by atoms with Crippen LogP contribution in [0.5, 0.6) is 0 Å². The quantitative estimate of drug-likeness (QED) is 0.0206. The van der Waals surface area contributed by atoms with E-state index in [1.807, 2.05) is 33.3 Å². The smallest absolute Gasteiger partial charge is 0.456 e. The second-order valence-corrected chi connectivity index (χ2v) is 20.1. The van der Waals surface area contributed by atoms with Crippen molar-refractivity contribution in [1.29, 1.82) is 0 Å². The average Bonchev–Trinajstić information content (AvgIpc) is 3.27. The number of esters is 1. The molecular weight excluding hydrogens is 844 g/mol. The van der Waals surface area contributed by atoms with Crippen molar-refractivity contribution >= 4 is 19.7 Å². The summed E-state index contributed by atoms with van der Waals surface area (Å²) < 4.78 is 30.4. The van der Waals surface area contributed by atoms with Crippen LogP contribution in [0, 0.1) is 0 Å². The fourth-order valence-corrected chi connectivity index (χ4v) is 7.69. The van der Waals surface area contributed by atoms with Crippen LogP contribution >= 0.6 is 7.82 Å². The third-order valence-electron chi connectivity index (χ3n) is 11.1. The van der Waals surface area contributed by atoms with Crippen LogP contribution in [0.25, 0.3) is 0 Å². The number of carbonyl (C=O) groups excluding carboxylic acids is 2. The van der Waals surface area contributed by atoms with Gasteiger partial charge in [-0.25, -0.2) is 4.57 Å². The van der Waals surface area contributed by atoms with Gasteiger partial charge in [0.25, 0.3) is 0 Å². The highest BCUT2D eigenvalue weighted by Gasteiger charge is 2.30. The molecule has 0 aliphatic carbocycles. The Balaban J connectivity index is 5.52. The molecule has 1 amide bonds. The molecule has 2 N–H and O–H groups in total. The van der Waals surface area contributed by atoms with Crippen molar-refractivity contribution in [3.63, 3.8) is 0 Å². The number of quaternary nitrogens is 1. The zero-order chi connectivity index (χ0) is 48.7. The number of allylic oxidation sites excluding steroid dienone is 13. The summed E-state index contributed by atoms with van der Waals surface area (Å²) in [5.74, 6) is -0.592. The van der Waals surface area contributed by atoms with E-state index in [9.17, 15) is 19.0 Å². The maximum atomic E-state index is 13.4. The Morgan fingerprint density at radius 2 is 1.00 bits per heavy atom. The van der Waals surface area contributed by atoms with E-state index in [-0.39, 0.29) is 37.9 Å². The first-order chi connectivity index (χ1) is 31.9. The molecular formula is C56H100N2O7P+. The van der Waals surface area contributed by atoms with Crippen LogP contribution in [-0.4, -0.2) is 74.3 Å². The first-order valence-corrected chi connectivity index (χ1v) is 27.9. The molecule has 0 aliphatic heterocycles. The monoisotopic (exact) mass is 944 g/mol. The number of phosphoric ester groups is 1. The molecule has 0 rings (SSSR count). The molecule has 0 radical (unpaired) electrons. The topological polar surface area (TPSA) is 111 Å². The van der Waals surface area contributed by atoms with Gasteiger partial charge in [-0.1, -0.05) is 190 Å². The van der Waals surface area contributed by atoms with Crippen LogP contribution in [0.4, 0.5) is 0 Å². The van der Waals surface area contributed by atoms with E-state index in [0.717, 1.165) is 103 Å². The Kier molecular flexibility index (Phi) is 44.0.